The van der Waals surface area contributed by atoms with E-state index in [4.69, 9.17) is 29.2 Å². The first-order valence-electron chi connectivity index (χ1n) is 11.1. The molecule has 10 heteroatoms. The van der Waals surface area contributed by atoms with Crippen LogP contribution in [0.3, 0.4) is 0 Å². The van der Waals surface area contributed by atoms with E-state index < -0.39 is 12.1 Å². The highest BCUT2D eigenvalue weighted by molar-refractivity contribution is 6.06. The zero-order chi connectivity index (χ0) is 25.7. The topological polar surface area (TPSA) is 115 Å². The first-order chi connectivity index (χ1) is 17.6. The zero-order valence-electron chi connectivity index (χ0n) is 20.4. The second-order valence-electron chi connectivity index (χ2n) is 7.87. The van der Waals surface area contributed by atoms with Crippen LogP contribution in [-0.4, -0.2) is 40.4 Å². The van der Waals surface area contributed by atoms with E-state index in [-0.39, 0.29) is 5.91 Å². The number of nitrogens with zero attached hydrogens (tertiary/aromatic N) is 4. The summed E-state index contributed by atoms with van der Waals surface area (Å²) in [6, 6.07) is 17.0. The average molecular weight is 491 g/mol. The van der Waals surface area contributed by atoms with Crippen molar-refractivity contribution in [3.05, 3.63) is 82.2 Å². The Balaban J connectivity index is 1.73. The summed E-state index contributed by atoms with van der Waals surface area (Å²) in [4.78, 5) is 17.5. The molecule has 0 spiro atoms. The number of hydrogen-bond acceptors (Lipinski definition) is 7. The molecule has 0 bridgehead atoms. The Morgan fingerprint density at radius 3 is 2.11 bits per heavy atom. The van der Waals surface area contributed by atoms with E-state index in [0.29, 0.717) is 46.6 Å². The van der Waals surface area contributed by atoms with Crippen LogP contribution in [0.4, 0.5) is 5.69 Å². The van der Waals surface area contributed by atoms with E-state index in [1.807, 2.05) is 36.4 Å². The fourth-order valence-electron chi connectivity index (χ4n) is 4.19. The van der Waals surface area contributed by atoms with Crippen LogP contribution in [0.2, 0.25) is 0 Å². The van der Waals surface area contributed by atoms with Crippen molar-refractivity contribution in [3.8, 4) is 28.7 Å². The van der Waals surface area contributed by atoms with Gasteiger partial charge in [-0.25, -0.2) is 0 Å². The van der Waals surface area contributed by atoms with Crippen molar-refractivity contribution in [1.82, 2.24) is 0 Å². The number of ether oxygens (including phenoxy) is 5. The molecule has 4 rings (SSSR count). The molecule has 0 radical (unpaired) electrons. The maximum atomic E-state index is 13.1. The number of methoxy groups -OCH3 is 4. The molecule has 1 aliphatic heterocycles. The summed E-state index contributed by atoms with van der Waals surface area (Å²) in [5.41, 5.74) is 11.3. The normalized spacial score (nSPS) is 16.4. The molecule has 0 N–H and O–H groups in total. The smallest absolute Gasteiger partial charge is 0.239 e. The van der Waals surface area contributed by atoms with Crippen molar-refractivity contribution in [2.24, 2.45) is 5.11 Å². The van der Waals surface area contributed by atoms with E-state index in [1.165, 1.54) is 26.2 Å². The summed E-state index contributed by atoms with van der Waals surface area (Å²) in [7, 11) is 6.06. The minimum atomic E-state index is -0.926. The van der Waals surface area contributed by atoms with Gasteiger partial charge in [0.15, 0.2) is 23.0 Å². The van der Waals surface area contributed by atoms with Gasteiger partial charge >= 0.3 is 0 Å². The maximum Gasteiger partial charge on any atom is 0.239 e. The standard InChI is InChI=1S/C26H26N4O6/c1-32-19-11-10-17(12-20(19)36-15-16-8-6-5-7-9-16)24-23(28-29-27)26(31)30(24)18-13-21(33-2)25(35-4)22(14-18)34-3/h5-14,23-24H,15H2,1-4H3/t23-,24-/m0/s1. The van der Waals surface area contributed by atoms with Gasteiger partial charge in [-0.2, -0.15) is 0 Å². The lowest BCUT2D eigenvalue weighted by atomic mass is 9.88. The van der Waals surface area contributed by atoms with Crippen LogP contribution >= 0.6 is 0 Å². The molecule has 0 unspecified atom stereocenters. The Morgan fingerprint density at radius 1 is 0.861 bits per heavy atom. The lowest BCUT2D eigenvalue weighted by Crippen LogP contribution is -2.58. The fraction of sp³-hybridized carbons (Fsp3) is 0.269. The predicted molar refractivity (Wildman–Crippen MR) is 133 cm³/mol. The van der Waals surface area contributed by atoms with Gasteiger partial charge < -0.3 is 28.6 Å². The van der Waals surface area contributed by atoms with Crippen molar-refractivity contribution >= 4 is 11.6 Å². The first-order valence-corrected chi connectivity index (χ1v) is 11.1. The van der Waals surface area contributed by atoms with Gasteiger partial charge in [-0.1, -0.05) is 41.5 Å². The van der Waals surface area contributed by atoms with Crippen molar-refractivity contribution in [2.75, 3.05) is 33.3 Å². The van der Waals surface area contributed by atoms with Crippen LogP contribution < -0.4 is 28.6 Å². The van der Waals surface area contributed by atoms with Gasteiger partial charge in [0.1, 0.15) is 12.6 Å². The van der Waals surface area contributed by atoms with E-state index >= 15 is 0 Å². The highest BCUT2D eigenvalue weighted by atomic mass is 16.5. The predicted octanol–water partition coefficient (Wildman–Crippen LogP) is 5.07. The van der Waals surface area contributed by atoms with Gasteiger partial charge in [0.05, 0.1) is 40.2 Å². The zero-order valence-corrected chi connectivity index (χ0v) is 20.4. The lowest BCUT2D eigenvalue weighted by Gasteiger charge is -2.45. The lowest BCUT2D eigenvalue weighted by molar-refractivity contribution is -0.126. The Bertz CT molecular complexity index is 1270. The van der Waals surface area contributed by atoms with E-state index in [1.54, 1.807) is 31.4 Å². The molecule has 1 heterocycles. The van der Waals surface area contributed by atoms with Crippen LogP contribution in [0.15, 0.2) is 65.8 Å². The summed E-state index contributed by atoms with van der Waals surface area (Å²) >= 11 is 0. The second kappa shape index (κ2) is 10.8. The molecule has 0 aromatic heterocycles. The van der Waals surface area contributed by atoms with Gasteiger partial charge in [0, 0.05) is 17.0 Å². The molecule has 3 aromatic rings. The third-order valence-corrected chi connectivity index (χ3v) is 5.94. The molecule has 0 saturated carbocycles. The van der Waals surface area contributed by atoms with Crippen LogP contribution in [0.25, 0.3) is 10.4 Å². The molecular weight excluding hydrogens is 464 g/mol. The summed E-state index contributed by atoms with van der Waals surface area (Å²) in [6.45, 7) is 0.334. The van der Waals surface area contributed by atoms with Gasteiger partial charge in [-0.05, 0) is 28.8 Å². The highest BCUT2D eigenvalue weighted by Crippen LogP contribution is 2.48. The number of anilines is 1. The summed E-state index contributed by atoms with van der Waals surface area (Å²) in [5.74, 6) is 1.89. The van der Waals surface area contributed by atoms with Gasteiger partial charge in [-0.3, -0.25) is 4.79 Å². The third kappa shape index (κ3) is 4.54. The number of hydrogen-bond donors (Lipinski definition) is 0. The molecular formula is C26H26N4O6. The Hall–Kier alpha value is -4.56. The molecule has 1 saturated heterocycles. The molecule has 0 aliphatic carbocycles. The minimum Gasteiger partial charge on any atom is -0.493 e. The number of carbonyl (C=O) groups is 1. The van der Waals surface area contributed by atoms with Crippen molar-refractivity contribution in [3.63, 3.8) is 0 Å². The van der Waals surface area contributed by atoms with E-state index in [2.05, 4.69) is 10.0 Å². The number of rotatable bonds is 10. The minimum absolute atomic E-state index is 0.334. The largest absolute Gasteiger partial charge is 0.493 e. The number of carbonyl (C=O) groups excluding carboxylic acids is 1. The van der Waals surface area contributed by atoms with Crippen molar-refractivity contribution in [1.29, 1.82) is 0 Å². The van der Waals surface area contributed by atoms with Crippen molar-refractivity contribution in [2.45, 2.75) is 18.7 Å². The number of β-lactam (4-membered cyclic amide) rings is 1. The van der Waals surface area contributed by atoms with E-state index in [9.17, 15) is 4.79 Å². The van der Waals surface area contributed by atoms with Crippen LogP contribution in [-0.2, 0) is 11.4 Å². The summed E-state index contributed by atoms with van der Waals surface area (Å²) in [6.07, 6.45) is 0. The Morgan fingerprint density at radius 2 is 1.53 bits per heavy atom. The molecule has 1 fully saturated rings. The highest BCUT2D eigenvalue weighted by Gasteiger charge is 2.49. The number of amides is 1. The van der Waals surface area contributed by atoms with Crippen LogP contribution in [0.1, 0.15) is 17.2 Å². The van der Waals surface area contributed by atoms with Crippen LogP contribution in [0.5, 0.6) is 28.7 Å². The molecule has 36 heavy (non-hydrogen) atoms. The Labute approximate surface area is 208 Å². The third-order valence-electron chi connectivity index (χ3n) is 5.94. The molecule has 1 amide bonds. The second-order valence-corrected chi connectivity index (χ2v) is 7.87. The SMILES string of the molecule is COc1ccc([C@H]2[C@H](N=[N+]=[N-])C(=O)N2c2cc(OC)c(OC)c(OC)c2)cc1OCc1ccccc1. The quantitative estimate of drug-likeness (QED) is 0.170. The van der Waals surface area contributed by atoms with Gasteiger partial charge in [0.25, 0.3) is 0 Å². The molecule has 1 aliphatic rings. The summed E-state index contributed by atoms with van der Waals surface area (Å²) in [5, 5.41) is 3.76. The molecule has 2 atom stereocenters. The fourth-order valence-corrected chi connectivity index (χ4v) is 4.19. The average Bonchev–Trinajstić information content (AvgIpc) is 2.92. The molecule has 186 valence electrons. The molecule has 3 aromatic carbocycles. The Kier molecular flexibility index (Phi) is 7.36. The van der Waals surface area contributed by atoms with Crippen molar-refractivity contribution < 1.29 is 28.5 Å². The van der Waals surface area contributed by atoms with Gasteiger partial charge in [-0.15, -0.1) is 0 Å². The first kappa shape index (κ1) is 24.6. The van der Waals surface area contributed by atoms with Crippen LogP contribution in [0, 0.1) is 0 Å². The maximum absolute atomic E-state index is 13.1. The number of azide groups is 1. The summed E-state index contributed by atoms with van der Waals surface area (Å²) < 4.78 is 27.8. The number of benzene rings is 3. The van der Waals surface area contributed by atoms with Gasteiger partial charge in [0.2, 0.25) is 11.7 Å². The molecule has 10 nitrogen and oxygen atoms in total. The monoisotopic (exact) mass is 490 g/mol. The van der Waals surface area contributed by atoms with E-state index in [0.717, 1.165) is 5.56 Å².